The standard InChI is InChI=1S/C15H18ClN3OS/c1-18(2)6-7-19-14(11(16)9-17-19)15(20)13-8-10-4-3-5-12(10)21-13/h8-9H,3-7H2,1-2H3. The van der Waals surface area contributed by atoms with E-state index in [4.69, 9.17) is 11.6 Å². The van der Waals surface area contributed by atoms with Crippen molar-refractivity contribution in [3.63, 3.8) is 0 Å². The van der Waals surface area contributed by atoms with Crippen LogP contribution in [-0.2, 0) is 19.4 Å². The summed E-state index contributed by atoms with van der Waals surface area (Å²) >= 11 is 7.80. The van der Waals surface area contributed by atoms with Crippen molar-refractivity contribution in [2.75, 3.05) is 20.6 Å². The quantitative estimate of drug-likeness (QED) is 0.794. The minimum Gasteiger partial charge on any atom is -0.308 e. The fraction of sp³-hybridized carbons (Fsp3) is 0.467. The summed E-state index contributed by atoms with van der Waals surface area (Å²) in [6, 6.07) is 2.04. The van der Waals surface area contributed by atoms with E-state index in [1.54, 1.807) is 22.2 Å². The van der Waals surface area contributed by atoms with Crippen LogP contribution in [0.3, 0.4) is 0 Å². The Labute approximate surface area is 133 Å². The third-order valence-electron chi connectivity index (χ3n) is 3.74. The molecule has 0 amide bonds. The summed E-state index contributed by atoms with van der Waals surface area (Å²) in [5.74, 6) is -0.00402. The van der Waals surface area contributed by atoms with E-state index in [1.165, 1.54) is 16.9 Å². The van der Waals surface area contributed by atoms with Gasteiger partial charge in [0.1, 0.15) is 5.69 Å². The molecule has 0 radical (unpaired) electrons. The number of halogens is 1. The molecular formula is C15H18ClN3OS. The fourth-order valence-electron chi connectivity index (χ4n) is 2.61. The van der Waals surface area contributed by atoms with Crippen LogP contribution in [0.4, 0.5) is 0 Å². The number of thiophene rings is 1. The molecule has 0 spiro atoms. The van der Waals surface area contributed by atoms with Crippen molar-refractivity contribution >= 4 is 28.7 Å². The maximum absolute atomic E-state index is 12.8. The fourth-order valence-corrected chi connectivity index (χ4v) is 4.03. The van der Waals surface area contributed by atoms with Crippen LogP contribution < -0.4 is 0 Å². The zero-order valence-electron chi connectivity index (χ0n) is 12.2. The molecule has 3 rings (SSSR count). The molecule has 21 heavy (non-hydrogen) atoms. The van der Waals surface area contributed by atoms with Gasteiger partial charge in [-0.25, -0.2) is 0 Å². The monoisotopic (exact) mass is 323 g/mol. The predicted octanol–water partition coefficient (Wildman–Crippen LogP) is 2.88. The number of nitrogens with zero attached hydrogens (tertiary/aromatic N) is 3. The molecule has 112 valence electrons. The van der Waals surface area contributed by atoms with Crippen molar-refractivity contribution < 1.29 is 4.79 Å². The molecule has 1 aliphatic carbocycles. The van der Waals surface area contributed by atoms with Crippen LogP contribution in [0.25, 0.3) is 0 Å². The molecule has 0 aromatic carbocycles. The SMILES string of the molecule is CN(C)CCn1ncc(Cl)c1C(=O)c1cc2c(s1)CCC2. The Balaban J connectivity index is 1.88. The maximum atomic E-state index is 12.8. The van der Waals surface area contributed by atoms with E-state index in [0.29, 0.717) is 17.3 Å². The van der Waals surface area contributed by atoms with Gasteiger partial charge in [0.25, 0.3) is 0 Å². The number of hydrogen-bond donors (Lipinski definition) is 0. The summed E-state index contributed by atoms with van der Waals surface area (Å²) in [6.07, 6.45) is 4.95. The average molecular weight is 324 g/mol. The zero-order valence-corrected chi connectivity index (χ0v) is 13.8. The summed E-state index contributed by atoms with van der Waals surface area (Å²) < 4.78 is 1.72. The Kier molecular flexibility index (Phi) is 4.15. The first kappa shape index (κ1) is 14.8. The Bertz CT molecular complexity index is 653. The lowest BCUT2D eigenvalue weighted by atomic mass is 10.2. The van der Waals surface area contributed by atoms with Gasteiger partial charge in [0.05, 0.1) is 22.6 Å². The van der Waals surface area contributed by atoms with Crippen LogP contribution in [0.2, 0.25) is 5.02 Å². The molecule has 0 bridgehead atoms. The number of ketones is 1. The number of fused-ring (bicyclic) bond motifs is 1. The van der Waals surface area contributed by atoms with E-state index in [1.807, 2.05) is 20.2 Å². The molecule has 0 aliphatic heterocycles. The zero-order chi connectivity index (χ0) is 15.0. The molecule has 0 saturated carbocycles. The minimum absolute atomic E-state index is 0.00402. The maximum Gasteiger partial charge on any atom is 0.222 e. The lowest BCUT2D eigenvalue weighted by Gasteiger charge is -2.11. The van der Waals surface area contributed by atoms with Crippen molar-refractivity contribution in [1.82, 2.24) is 14.7 Å². The highest BCUT2D eigenvalue weighted by molar-refractivity contribution is 7.14. The topological polar surface area (TPSA) is 38.1 Å². The van der Waals surface area contributed by atoms with E-state index >= 15 is 0 Å². The van der Waals surface area contributed by atoms with Crippen LogP contribution >= 0.6 is 22.9 Å². The van der Waals surface area contributed by atoms with Crippen LogP contribution in [-0.4, -0.2) is 41.1 Å². The van der Waals surface area contributed by atoms with Gasteiger partial charge in [-0.05, 0) is 45.0 Å². The van der Waals surface area contributed by atoms with Crippen LogP contribution in [0.5, 0.6) is 0 Å². The van der Waals surface area contributed by atoms with Crippen LogP contribution in [0, 0.1) is 0 Å². The molecule has 4 nitrogen and oxygen atoms in total. The number of rotatable bonds is 5. The van der Waals surface area contributed by atoms with Crippen molar-refractivity contribution in [3.05, 3.63) is 38.3 Å². The number of hydrogen-bond acceptors (Lipinski definition) is 4. The first-order valence-electron chi connectivity index (χ1n) is 7.08. The van der Waals surface area contributed by atoms with Crippen molar-refractivity contribution in [3.8, 4) is 0 Å². The van der Waals surface area contributed by atoms with Crippen molar-refractivity contribution in [1.29, 1.82) is 0 Å². The highest BCUT2D eigenvalue weighted by Crippen LogP contribution is 2.32. The Morgan fingerprint density at radius 1 is 1.48 bits per heavy atom. The molecule has 0 fully saturated rings. The van der Waals surface area contributed by atoms with E-state index in [2.05, 4.69) is 10.00 Å². The molecule has 6 heteroatoms. The van der Waals surface area contributed by atoms with Gasteiger partial charge >= 0.3 is 0 Å². The molecule has 2 heterocycles. The van der Waals surface area contributed by atoms with E-state index in [-0.39, 0.29) is 5.78 Å². The Morgan fingerprint density at radius 2 is 2.29 bits per heavy atom. The van der Waals surface area contributed by atoms with Gasteiger partial charge in [-0.3, -0.25) is 9.48 Å². The third-order valence-corrected chi connectivity index (χ3v) is 5.25. The summed E-state index contributed by atoms with van der Waals surface area (Å²) in [5, 5.41) is 4.68. The Morgan fingerprint density at radius 3 is 3.00 bits per heavy atom. The molecule has 2 aromatic heterocycles. The molecule has 0 atom stereocenters. The van der Waals surface area contributed by atoms with E-state index in [9.17, 15) is 4.79 Å². The molecular weight excluding hydrogens is 306 g/mol. The van der Waals surface area contributed by atoms with Crippen LogP contribution in [0.1, 0.15) is 32.2 Å². The normalized spacial score (nSPS) is 13.9. The molecule has 1 aliphatic rings. The lowest BCUT2D eigenvalue weighted by Crippen LogP contribution is -2.21. The van der Waals surface area contributed by atoms with Gasteiger partial charge in [-0.15, -0.1) is 11.3 Å². The van der Waals surface area contributed by atoms with Crippen molar-refractivity contribution in [2.24, 2.45) is 0 Å². The highest BCUT2D eigenvalue weighted by Gasteiger charge is 2.24. The molecule has 0 N–H and O–H groups in total. The lowest BCUT2D eigenvalue weighted by molar-refractivity contribution is 0.103. The van der Waals surface area contributed by atoms with Gasteiger partial charge < -0.3 is 4.90 Å². The first-order chi connectivity index (χ1) is 10.1. The van der Waals surface area contributed by atoms with Gasteiger partial charge in [-0.1, -0.05) is 11.6 Å². The summed E-state index contributed by atoms with van der Waals surface area (Å²) in [5.41, 5.74) is 1.84. The molecule has 0 saturated heterocycles. The van der Waals surface area contributed by atoms with Gasteiger partial charge in [-0.2, -0.15) is 5.10 Å². The minimum atomic E-state index is -0.00402. The van der Waals surface area contributed by atoms with Gasteiger partial charge in [0.15, 0.2) is 0 Å². The van der Waals surface area contributed by atoms with Crippen molar-refractivity contribution in [2.45, 2.75) is 25.8 Å². The molecule has 0 unspecified atom stereocenters. The number of aromatic nitrogens is 2. The highest BCUT2D eigenvalue weighted by atomic mass is 35.5. The predicted molar refractivity (Wildman–Crippen MR) is 85.6 cm³/mol. The van der Waals surface area contributed by atoms with E-state index < -0.39 is 0 Å². The van der Waals surface area contributed by atoms with Gasteiger partial charge in [0, 0.05) is 11.4 Å². The number of likely N-dealkylation sites (N-methyl/N-ethyl adjacent to an activating group) is 1. The number of aryl methyl sites for hydroxylation is 2. The Hall–Kier alpha value is -1.17. The second-order valence-electron chi connectivity index (χ2n) is 5.61. The summed E-state index contributed by atoms with van der Waals surface area (Å²) in [6.45, 7) is 1.48. The van der Waals surface area contributed by atoms with E-state index in [0.717, 1.165) is 24.3 Å². The first-order valence-corrected chi connectivity index (χ1v) is 8.28. The second kappa shape index (κ2) is 5.91. The number of carbonyl (C=O) groups excluding carboxylic acids is 1. The molecule has 2 aromatic rings. The summed E-state index contributed by atoms with van der Waals surface area (Å²) in [4.78, 5) is 17.0. The number of carbonyl (C=O) groups is 1. The second-order valence-corrected chi connectivity index (χ2v) is 7.15. The smallest absolute Gasteiger partial charge is 0.222 e. The largest absolute Gasteiger partial charge is 0.308 e. The van der Waals surface area contributed by atoms with Crippen LogP contribution in [0.15, 0.2) is 12.3 Å². The van der Waals surface area contributed by atoms with Gasteiger partial charge in [0.2, 0.25) is 5.78 Å². The third kappa shape index (κ3) is 2.91. The average Bonchev–Trinajstić information content (AvgIpc) is 3.09. The summed E-state index contributed by atoms with van der Waals surface area (Å²) in [7, 11) is 3.99.